The van der Waals surface area contributed by atoms with Gasteiger partial charge in [-0.15, -0.1) is 0 Å². The lowest BCUT2D eigenvalue weighted by Gasteiger charge is -2.40. The van der Waals surface area contributed by atoms with Gasteiger partial charge in [0, 0.05) is 35.9 Å². The van der Waals surface area contributed by atoms with Gasteiger partial charge >= 0.3 is 0 Å². The molecule has 172 valence electrons. The summed E-state index contributed by atoms with van der Waals surface area (Å²) in [6, 6.07) is 33.9. The summed E-state index contributed by atoms with van der Waals surface area (Å²) in [4.78, 5) is 4.99. The fourth-order valence-electron chi connectivity index (χ4n) is 6.71. The maximum Gasteiger partial charge on any atom is 0.133 e. The number of rotatable bonds is 2. The molecule has 35 heavy (non-hydrogen) atoms. The van der Waals surface area contributed by atoms with Crippen LogP contribution in [0, 0.1) is 6.92 Å². The first-order chi connectivity index (χ1) is 17.2. The topological polar surface area (TPSA) is 6.48 Å². The quantitative estimate of drug-likeness (QED) is 0.304. The van der Waals surface area contributed by atoms with Crippen LogP contribution < -0.4 is 4.90 Å². The van der Waals surface area contributed by atoms with Crippen LogP contribution in [0.2, 0.25) is 0 Å². The minimum Gasteiger partial charge on any atom is -0.354 e. The number of nitrogens with zero attached hydrogens (tertiary/aromatic N) is 2. The molecule has 0 spiro atoms. The van der Waals surface area contributed by atoms with Crippen LogP contribution in [0.1, 0.15) is 58.3 Å². The molecule has 2 atom stereocenters. The summed E-state index contributed by atoms with van der Waals surface area (Å²) in [5.74, 6) is 0.440. The molecule has 2 unspecified atom stereocenters. The fraction of sp³-hybridized carbons (Fsp3) is 0.212. The first-order valence-corrected chi connectivity index (χ1v) is 12.8. The molecule has 7 rings (SSSR count). The summed E-state index contributed by atoms with van der Waals surface area (Å²) < 4.78 is 0. The second-order valence-corrected chi connectivity index (χ2v) is 10.2. The van der Waals surface area contributed by atoms with Gasteiger partial charge in [0.25, 0.3) is 0 Å². The SMILES string of the molecule is Cc1cccc2c1C1N(C)C=C(c3ccccc3C3CCCc4ccccc43)N1c1ccccc1-2. The molecule has 2 nitrogen and oxygen atoms in total. The molecule has 3 aliphatic rings. The summed E-state index contributed by atoms with van der Waals surface area (Å²) >= 11 is 0. The van der Waals surface area contributed by atoms with Crippen molar-refractivity contribution in [2.75, 3.05) is 11.9 Å². The van der Waals surface area contributed by atoms with Crippen molar-refractivity contribution in [1.29, 1.82) is 0 Å². The van der Waals surface area contributed by atoms with E-state index in [0.717, 1.165) is 0 Å². The van der Waals surface area contributed by atoms with Crippen molar-refractivity contribution in [1.82, 2.24) is 4.90 Å². The molecule has 2 aliphatic heterocycles. The van der Waals surface area contributed by atoms with Crippen LogP contribution in [0.15, 0.2) is 97.2 Å². The van der Waals surface area contributed by atoms with Crippen LogP contribution in [0.4, 0.5) is 5.69 Å². The Balaban J connectivity index is 1.42. The highest BCUT2D eigenvalue weighted by atomic mass is 15.4. The Hall–Kier alpha value is -3.78. The average Bonchev–Trinajstić information content (AvgIpc) is 3.25. The van der Waals surface area contributed by atoms with Crippen LogP contribution >= 0.6 is 0 Å². The minimum absolute atomic E-state index is 0.169. The van der Waals surface area contributed by atoms with E-state index in [0.29, 0.717) is 5.92 Å². The molecule has 2 heterocycles. The third-order valence-corrected chi connectivity index (χ3v) is 8.23. The number of fused-ring (bicyclic) bond motifs is 7. The highest BCUT2D eigenvalue weighted by Gasteiger charge is 2.41. The molecule has 0 N–H and O–H groups in total. The van der Waals surface area contributed by atoms with Gasteiger partial charge in [-0.3, -0.25) is 0 Å². The predicted octanol–water partition coefficient (Wildman–Crippen LogP) is 7.89. The Morgan fingerprint density at radius 2 is 1.43 bits per heavy atom. The Labute approximate surface area is 208 Å². The molecule has 0 radical (unpaired) electrons. The van der Waals surface area contributed by atoms with Gasteiger partial charge in [0.1, 0.15) is 6.17 Å². The Morgan fingerprint density at radius 3 is 2.31 bits per heavy atom. The maximum atomic E-state index is 2.58. The first kappa shape index (κ1) is 20.6. The van der Waals surface area contributed by atoms with E-state index in [1.54, 1.807) is 0 Å². The second kappa shape index (κ2) is 7.88. The lowest BCUT2D eigenvalue weighted by molar-refractivity contribution is 0.366. The van der Waals surface area contributed by atoms with E-state index in [-0.39, 0.29) is 6.17 Å². The number of hydrogen-bond donors (Lipinski definition) is 0. The summed E-state index contributed by atoms with van der Waals surface area (Å²) in [5.41, 5.74) is 13.9. The lowest BCUT2D eigenvalue weighted by atomic mass is 9.77. The van der Waals surface area contributed by atoms with Gasteiger partial charge in [-0.25, -0.2) is 0 Å². The molecule has 2 heteroatoms. The van der Waals surface area contributed by atoms with Crippen LogP contribution in [0.3, 0.4) is 0 Å². The second-order valence-electron chi connectivity index (χ2n) is 10.2. The van der Waals surface area contributed by atoms with E-state index >= 15 is 0 Å². The summed E-state index contributed by atoms with van der Waals surface area (Å²) in [6.45, 7) is 2.25. The highest BCUT2D eigenvalue weighted by molar-refractivity contribution is 5.95. The van der Waals surface area contributed by atoms with Gasteiger partial charge in [0.2, 0.25) is 0 Å². The van der Waals surface area contributed by atoms with E-state index in [1.807, 2.05) is 0 Å². The lowest BCUT2D eigenvalue weighted by Crippen LogP contribution is -2.34. The Morgan fingerprint density at radius 1 is 0.714 bits per heavy atom. The average molecular weight is 455 g/mol. The third-order valence-electron chi connectivity index (χ3n) is 8.23. The molecule has 0 aromatic heterocycles. The minimum atomic E-state index is 0.169. The van der Waals surface area contributed by atoms with Crippen molar-refractivity contribution in [2.24, 2.45) is 0 Å². The maximum absolute atomic E-state index is 2.58. The van der Waals surface area contributed by atoms with Crippen molar-refractivity contribution in [3.8, 4) is 11.1 Å². The van der Waals surface area contributed by atoms with Crippen LogP contribution in [-0.4, -0.2) is 11.9 Å². The van der Waals surface area contributed by atoms with E-state index in [1.165, 1.54) is 75.2 Å². The number of anilines is 1. The van der Waals surface area contributed by atoms with Crippen LogP contribution in [0.5, 0.6) is 0 Å². The summed E-state index contributed by atoms with van der Waals surface area (Å²) in [5, 5.41) is 0. The zero-order chi connectivity index (χ0) is 23.5. The Bertz CT molecular complexity index is 1480. The predicted molar refractivity (Wildman–Crippen MR) is 145 cm³/mol. The molecule has 0 amide bonds. The van der Waals surface area contributed by atoms with Crippen LogP contribution in [0.25, 0.3) is 16.8 Å². The smallest absolute Gasteiger partial charge is 0.133 e. The zero-order valence-electron chi connectivity index (χ0n) is 20.4. The van der Waals surface area contributed by atoms with Gasteiger partial charge in [0.15, 0.2) is 0 Å². The molecule has 0 saturated heterocycles. The van der Waals surface area contributed by atoms with Crippen molar-refractivity contribution in [3.05, 3.63) is 131 Å². The van der Waals surface area contributed by atoms with E-state index in [9.17, 15) is 0 Å². The summed E-state index contributed by atoms with van der Waals surface area (Å²) in [6.07, 6.45) is 6.19. The number of benzene rings is 4. The van der Waals surface area contributed by atoms with Crippen LogP contribution in [-0.2, 0) is 6.42 Å². The van der Waals surface area contributed by atoms with E-state index in [2.05, 4.69) is 121 Å². The van der Waals surface area contributed by atoms with E-state index in [4.69, 9.17) is 0 Å². The molecule has 0 fully saturated rings. The Kier molecular flexibility index (Phi) is 4.63. The molecule has 4 aromatic carbocycles. The van der Waals surface area contributed by atoms with Gasteiger partial charge < -0.3 is 9.80 Å². The first-order valence-electron chi connectivity index (χ1n) is 12.8. The van der Waals surface area contributed by atoms with Crippen molar-refractivity contribution < 1.29 is 0 Å². The fourth-order valence-corrected chi connectivity index (χ4v) is 6.71. The summed E-state index contributed by atoms with van der Waals surface area (Å²) in [7, 11) is 2.23. The normalized spacial score (nSPS) is 20.0. The van der Waals surface area contributed by atoms with Crippen molar-refractivity contribution >= 4 is 11.4 Å². The highest BCUT2D eigenvalue weighted by Crippen LogP contribution is 2.53. The largest absolute Gasteiger partial charge is 0.354 e. The standard InChI is InChI=1S/C33H30N2/c1-22-11-9-19-29-28-17-7-8-20-30(28)35-31(21-34(2)33(35)32(22)29)27-16-6-5-15-26(27)25-18-10-13-23-12-3-4-14-24(23)25/h3-9,11-12,14-17,19-21,25,33H,10,13,18H2,1-2H3. The van der Waals surface area contributed by atoms with Gasteiger partial charge in [-0.1, -0.05) is 84.9 Å². The molecular weight excluding hydrogens is 424 g/mol. The molecule has 4 aromatic rings. The molecular formula is C33H30N2. The molecule has 1 aliphatic carbocycles. The van der Waals surface area contributed by atoms with Crippen molar-refractivity contribution in [3.63, 3.8) is 0 Å². The van der Waals surface area contributed by atoms with Gasteiger partial charge in [-0.05, 0) is 60.1 Å². The number of para-hydroxylation sites is 1. The number of aryl methyl sites for hydroxylation is 2. The van der Waals surface area contributed by atoms with Crippen molar-refractivity contribution in [2.45, 2.75) is 38.3 Å². The van der Waals surface area contributed by atoms with Gasteiger partial charge in [-0.2, -0.15) is 0 Å². The molecule has 0 bridgehead atoms. The third kappa shape index (κ3) is 3.02. The van der Waals surface area contributed by atoms with E-state index < -0.39 is 0 Å². The number of hydrogen-bond acceptors (Lipinski definition) is 2. The monoisotopic (exact) mass is 454 g/mol. The zero-order valence-corrected chi connectivity index (χ0v) is 20.4. The molecule has 0 saturated carbocycles. The van der Waals surface area contributed by atoms with Gasteiger partial charge in [0.05, 0.1) is 11.4 Å².